The van der Waals surface area contributed by atoms with Gasteiger partial charge < -0.3 is 4.98 Å². The first-order valence-electron chi connectivity index (χ1n) is 4.85. The van der Waals surface area contributed by atoms with Crippen molar-refractivity contribution in [3.8, 4) is 6.07 Å². The Balaban J connectivity index is 2.74. The summed E-state index contributed by atoms with van der Waals surface area (Å²) < 4.78 is 0. The summed E-state index contributed by atoms with van der Waals surface area (Å²) in [6.07, 6.45) is 7.19. The van der Waals surface area contributed by atoms with Crippen LogP contribution in [-0.4, -0.2) is 4.98 Å². The van der Waals surface area contributed by atoms with Gasteiger partial charge >= 0.3 is 0 Å². The van der Waals surface area contributed by atoms with Crippen molar-refractivity contribution in [2.45, 2.75) is 27.2 Å². The van der Waals surface area contributed by atoms with E-state index in [2.05, 4.69) is 44.0 Å². The minimum atomic E-state index is 0.226. The van der Waals surface area contributed by atoms with Crippen LogP contribution < -0.4 is 0 Å². The fourth-order valence-corrected chi connectivity index (χ4v) is 1.01. The highest BCUT2D eigenvalue weighted by Gasteiger charge is 2.09. The molecule has 1 aromatic heterocycles. The summed E-state index contributed by atoms with van der Waals surface area (Å²) in [5, 5.41) is 8.62. The molecule has 2 heteroatoms. The normalized spacial score (nSPS) is 11.9. The van der Waals surface area contributed by atoms with Gasteiger partial charge in [-0.3, -0.25) is 0 Å². The number of nitrogens with zero attached hydrogens (tertiary/aromatic N) is 1. The molecule has 0 saturated carbocycles. The van der Waals surface area contributed by atoms with Gasteiger partial charge in [-0.25, -0.2) is 0 Å². The van der Waals surface area contributed by atoms with Gasteiger partial charge in [0.15, 0.2) is 0 Å². The van der Waals surface area contributed by atoms with Crippen LogP contribution in [0.25, 0.3) is 6.08 Å². The third kappa shape index (κ3) is 2.77. The Kier molecular flexibility index (Phi) is 3.14. The lowest BCUT2D eigenvalue weighted by Gasteiger charge is -2.16. The lowest BCUT2D eigenvalue weighted by atomic mass is 9.89. The molecule has 0 aliphatic carbocycles. The zero-order valence-electron chi connectivity index (χ0n) is 8.96. The topological polar surface area (TPSA) is 39.6 Å². The van der Waals surface area contributed by atoms with Crippen molar-refractivity contribution in [2.75, 3.05) is 0 Å². The van der Waals surface area contributed by atoms with Crippen LogP contribution in [0.1, 0.15) is 38.4 Å². The molecule has 0 saturated heterocycles. The van der Waals surface area contributed by atoms with E-state index in [1.807, 2.05) is 12.3 Å². The molecule has 14 heavy (non-hydrogen) atoms. The maximum Gasteiger partial charge on any atom is 0.118 e. The molecule has 0 fully saturated rings. The molecule has 0 radical (unpaired) electrons. The lowest BCUT2D eigenvalue weighted by Crippen LogP contribution is -2.03. The largest absolute Gasteiger partial charge is 0.353 e. The van der Waals surface area contributed by atoms with Crippen molar-refractivity contribution < 1.29 is 0 Å². The summed E-state index contributed by atoms with van der Waals surface area (Å²) in [6.45, 7) is 6.56. The highest BCUT2D eigenvalue weighted by molar-refractivity contribution is 5.51. The van der Waals surface area contributed by atoms with Gasteiger partial charge in [-0.15, -0.1) is 0 Å². The second kappa shape index (κ2) is 4.15. The van der Waals surface area contributed by atoms with Crippen LogP contribution in [-0.2, 0) is 0 Å². The number of aromatic nitrogens is 1. The maximum absolute atomic E-state index is 8.62. The summed E-state index contributed by atoms with van der Waals surface area (Å²) in [4.78, 5) is 2.90. The second-order valence-corrected chi connectivity index (χ2v) is 4.13. The van der Waals surface area contributed by atoms with Crippen molar-refractivity contribution in [1.29, 1.82) is 5.26 Å². The van der Waals surface area contributed by atoms with E-state index in [9.17, 15) is 0 Å². The summed E-state index contributed by atoms with van der Waals surface area (Å²) >= 11 is 0. The highest BCUT2D eigenvalue weighted by atomic mass is 14.7. The highest BCUT2D eigenvalue weighted by Crippen LogP contribution is 2.22. The number of H-pyrrole nitrogens is 1. The van der Waals surface area contributed by atoms with Crippen LogP contribution in [0, 0.1) is 16.7 Å². The minimum absolute atomic E-state index is 0.226. The predicted octanol–water partition coefficient (Wildman–Crippen LogP) is 3.34. The molecule has 1 rings (SSSR count). The third-order valence-corrected chi connectivity index (χ3v) is 2.46. The molecule has 0 aromatic carbocycles. The van der Waals surface area contributed by atoms with E-state index in [1.54, 1.807) is 0 Å². The Morgan fingerprint density at radius 1 is 1.57 bits per heavy atom. The molecule has 2 nitrogen and oxygen atoms in total. The SMILES string of the molecule is CCC(C)(C)/C=C/c1c[nH]c(C#N)c1. The Morgan fingerprint density at radius 3 is 2.79 bits per heavy atom. The molecule has 0 aliphatic rings. The van der Waals surface area contributed by atoms with Gasteiger partial charge in [0.25, 0.3) is 0 Å². The van der Waals surface area contributed by atoms with E-state index >= 15 is 0 Å². The van der Waals surface area contributed by atoms with Crippen molar-refractivity contribution in [3.63, 3.8) is 0 Å². The van der Waals surface area contributed by atoms with E-state index in [0.29, 0.717) is 5.69 Å². The Morgan fingerprint density at radius 2 is 2.29 bits per heavy atom. The summed E-state index contributed by atoms with van der Waals surface area (Å²) in [5.41, 5.74) is 1.89. The first kappa shape index (κ1) is 10.6. The first-order chi connectivity index (χ1) is 6.57. The zero-order valence-corrected chi connectivity index (χ0v) is 8.96. The smallest absolute Gasteiger partial charge is 0.118 e. The Bertz CT molecular complexity index is 364. The predicted molar refractivity (Wildman–Crippen MR) is 58.6 cm³/mol. The van der Waals surface area contributed by atoms with Crippen molar-refractivity contribution in [1.82, 2.24) is 4.98 Å². The van der Waals surface area contributed by atoms with Gasteiger partial charge in [-0.1, -0.05) is 32.9 Å². The molecule has 0 aliphatic heterocycles. The summed E-state index contributed by atoms with van der Waals surface area (Å²) in [5.74, 6) is 0. The van der Waals surface area contributed by atoms with E-state index in [4.69, 9.17) is 5.26 Å². The fourth-order valence-electron chi connectivity index (χ4n) is 1.01. The summed E-state index contributed by atoms with van der Waals surface area (Å²) in [7, 11) is 0. The number of allylic oxidation sites excluding steroid dienone is 1. The average molecular weight is 188 g/mol. The molecule has 0 amide bonds. The van der Waals surface area contributed by atoms with Crippen LogP contribution in [0.4, 0.5) is 0 Å². The molecule has 1 aromatic rings. The maximum atomic E-state index is 8.62. The van der Waals surface area contributed by atoms with Gasteiger partial charge in [0, 0.05) is 6.20 Å². The number of nitriles is 1. The van der Waals surface area contributed by atoms with Crippen molar-refractivity contribution in [2.24, 2.45) is 5.41 Å². The zero-order chi connectivity index (χ0) is 10.6. The Labute approximate surface area is 85.3 Å². The van der Waals surface area contributed by atoms with Crippen LogP contribution in [0.3, 0.4) is 0 Å². The van der Waals surface area contributed by atoms with Gasteiger partial charge in [0.1, 0.15) is 11.8 Å². The van der Waals surface area contributed by atoms with E-state index in [1.165, 1.54) is 0 Å². The molecule has 0 spiro atoms. The van der Waals surface area contributed by atoms with Gasteiger partial charge in [-0.2, -0.15) is 5.26 Å². The lowest BCUT2D eigenvalue weighted by molar-refractivity contribution is 0.464. The number of rotatable bonds is 3. The third-order valence-electron chi connectivity index (χ3n) is 2.46. The summed E-state index contributed by atoms with van der Waals surface area (Å²) in [6, 6.07) is 3.92. The van der Waals surface area contributed by atoms with Crippen molar-refractivity contribution in [3.05, 3.63) is 29.6 Å². The van der Waals surface area contributed by atoms with E-state index in [-0.39, 0.29) is 5.41 Å². The van der Waals surface area contributed by atoms with Crippen molar-refractivity contribution >= 4 is 6.08 Å². The fraction of sp³-hybridized carbons (Fsp3) is 0.417. The minimum Gasteiger partial charge on any atom is -0.353 e. The molecular weight excluding hydrogens is 172 g/mol. The molecule has 1 N–H and O–H groups in total. The number of nitrogens with one attached hydrogen (secondary N) is 1. The molecular formula is C12H16N2. The van der Waals surface area contributed by atoms with Crippen LogP contribution in [0.5, 0.6) is 0 Å². The van der Waals surface area contributed by atoms with E-state index in [0.717, 1.165) is 12.0 Å². The molecule has 0 atom stereocenters. The van der Waals surface area contributed by atoms with Crippen LogP contribution >= 0.6 is 0 Å². The van der Waals surface area contributed by atoms with Gasteiger partial charge in [-0.05, 0) is 23.5 Å². The molecule has 0 unspecified atom stereocenters. The Hall–Kier alpha value is -1.49. The molecule has 74 valence electrons. The van der Waals surface area contributed by atoms with Crippen LogP contribution in [0.15, 0.2) is 18.3 Å². The van der Waals surface area contributed by atoms with Gasteiger partial charge in [0.2, 0.25) is 0 Å². The second-order valence-electron chi connectivity index (χ2n) is 4.13. The number of aromatic amines is 1. The number of hydrogen-bond donors (Lipinski definition) is 1. The quantitative estimate of drug-likeness (QED) is 0.776. The number of hydrogen-bond acceptors (Lipinski definition) is 1. The average Bonchev–Trinajstić information content (AvgIpc) is 2.63. The van der Waals surface area contributed by atoms with Gasteiger partial charge in [0.05, 0.1) is 0 Å². The first-order valence-corrected chi connectivity index (χ1v) is 4.85. The standard InChI is InChI=1S/C12H16N2/c1-4-12(2,3)6-5-10-7-11(8-13)14-9-10/h5-7,9,14H,4H2,1-3H3/b6-5+. The monoisotopic (exact) mass is 188 g/mol. The molecule has 0 bridgehead atoms. The molecule has 1 heterocycles. The van der Waals surface area contributed by atoms with Crippen LogP contribution in [0.2, 0.25) is 0 Å². The van der Waals surface area contributed by atoms with E-state index < -0.39 is 0 Å².